The number of rotatable bonds is 5. The number of benzene rings is 2. The van der Waals surface area contributed by atoms with Crippen molar-refractivity contribution in [2.45, 2.75) is 45.0 Å². The van der Waals surface area contributed by atoms with Crippen LogP contribution >= 0.6 is 11.8 Å². The van der Waals surface area contributed by atoms with Crippen LogP contribution in [0.1, 0.15) is 30.5 Å². The van der Waals surface area contributed by atoms with Gasteiger partial charge in [-0.05, 0) is 75.2 Å². The molecular formula is C24H25N5O2S. The van der Waals surface area contributed by atoms with Crippen molar-refractivity contribution < 1.29 is 9.59 Å². The minimum absolute atomic E-state index is 0.136. The number of anilines is 2. The normalized spacial score (nSPS) is 12.2. The van der Waals surface area contributed by atoms with Gasteiger partial charge < -0.3 is 10.6 Å². The SMILES string of the molecule is CC(=O)Nc1ccc(NC(=O)C(C)Sc2nnc3cc(C)c4cc(C)cc(C)c4n23)cc1. The summed E-state index contributed by atoms with van der Waals surface area (Å²) in [5.41, 5.74) is 6.68. The third-order valence-corrected chi connectivity index (χ3v) is 6.26. The summed E-state index contributed by atoms with van der Waals surface area (Å²) >= 11 is 1.37. The Hall–Kier alpha value is -3.39. The molecule has 4 rings (SSSR count). The zero-order valence-electron chi connectivity index (χ0n) is 18.7. The minimum atomic E-state index is -0.389. The number of amides is 2. The van der Waals surface area contributed by atoms with Crippen LogP contribution in [0.3, 0.4) is 0 Å². The Labute approximate surface area is 190 Å². The van der Waals surface area contributed by atoms with E-state index < -0.39 is 0 Å². The highest BCUT2D eigenvalue weighted by atomic mass is 32.2. The molecule has 7 nitrogen and oxygen atoms in total. The van der Waals surface area contributed by atoms with Gasteiger partial charge in [0, 0.05) is 23.7 Å². The van der Waals surface area contributed by atoms with E-state index in [1.807, 2.05) is 17.4 Å². The molecule has 2 heterocycles. The number of thioether (sulfide) groups is 1. The Kier molecular flexibility index (Phi) is 5.88. The van der Waals surface area contributed by atoms with Gasteiger partial charge in [-0.2, -0.15) is 0 Å². The minimum Gasteiger partial charge on any atom is -0.326 e. The fourth-order valence-electron chi connectivity index (χ4n) is 3.79. The van der Waals surface area contributed by atoms with E-state index in [-0.39, 0.29) is 17.1 Å². The Morgan fingerprint density at radius 3 is 2.25 bits per heavy atom. The quantitative estimate of drug-likeness (QED) is 0.426. The van der Waals surface area contributed by atoms with Crippen molar-refractivity contribution in [1.29, 1.82) is 0 Å². The maximum absolute atomic E-state index is 12.8. The average molecular weight is 448 g/mol. The number of carbonyl (C=O) groups is 2. The molecule has 1 unspecified atom stereocenters. The summed E-state index contributed by atoms with van der Waals surface area (Å²) in [7, 11) is 0. The lowest BCUT2D eigenvalue weighted by molar-refractivity contribution is -0.115. The summed E-state index contributed by atoms with van der Waals surface area (Å²) < 4.78 is 2.04. The van der Waals surface area contributed by atoms with Crippen LogP contribution in [0.25, 0.3) is 16.6 Å². The lowest BCUT2D eigenvalue weighted by atomic mass is 10.0. The zero-order chi connectivity index (χ0) is 23.0. The molecule has 1 atom stereocenters. The van der Waals surface area contributed by atoms with E-state index in [1.54, 1.807) is 24.3 Å². The summed E-state index contributed by atoms with van der Waals surface area (Å²) in [6, 6.07) is 13.4. The summed E-state index contributed by atoms with van der Waals surface area (Å²) in [6.45, 7) is 9.56. The molecule has 0 aliphatic rings. The van der Waals surface area contributed by atoms with Gasteiger partial charge in [-0.3, -0.25) is 14.0 Å². The molecular weight excluding hydrogens is 422 g/mol. The largest absolute Gasteiger partial charge is 0.326 e. The van der Waals surface area contributed by atoms with E-state index in [0.29, 0.717) is 16.5 Å². The van der Waals surface area contributed by atoms with E-state index in [2.05, 4.69) is 53.7 Å². The van der Waals surface area contributed by atoms with Crippen LogP contribution in [-0.2, 0) is 9.59 Å². The molecule has 0 bridgehead atoms. The summed E-state index contributed by atoms with van der Waals surface area (Å²) in [6.07, 6.45) is 0. The second-order valence-corrected chi connectivity index (χ2v) is 9.30. The van der Waals surface area contributed by atoms with Gasteiger partial charge in [0.1, 0.15) is 0 Å². The second kappa shape index (κ2) is 8.63. The highest BCUT2D eigenvalue weighted by Crippen LogP contribution is 2.31. The van der Waals surface area contributed by atoms with Crippen molar-refractivity contribution >= 4 is 51.5 Å². The number of aryl methyl sites for hydroxylation is 3. The van der Waals surface area contributed by atoms with E-state index in [1.165, 1.54) is 24.2 Å². The predicted octanol–water partition coefficient (Wildman–Crippen LogP) is 4.89. The van der Waals surface area contributed by atoms with Gasteiger partial charge >= 0.3 is 0 Å². The smallest absolute Gasteiger partial charge is 0.237 e. The van der Waals surface area contributed by atoms with Crippen LogP contribution in [0.4, 0.5) is 11.4 Å². The van der Waals surface area contributed by atoms with Gasteiger partial charge in [-0.15, -0.1) is 10.2 Å². The Morgan fingerprint density at radius 2 is 1.59 bits per heavy atom. The fraction of sp³-hybridized carbons (Fsp3) is 0.250. The van der Waals surface area contributed by atoms with Gasteiger partial charge in [-0.1, -0.05) is 23.4 Å². The molecule has 0 spiro atoms. The maximum atomic E-state index is 12.8. The topological polar surface area (TPSA) is 88.4 Å². The van der Waals surface area contributed by atoms with Crippen molar-refractivity contribution in [2.75, 3.05) is 10.6 Å². The molecule has 2 N–H and O–H groups in total. The fourth-order valence-corrected chi connectivity index (χ4v) is 4.65. The molecule has 8 heteroatoms. The second-order valence-electron chi connectivity index (χ2n) is 7.99. The van der Waals surface area contributed by atoms with E-state index in [9.17, 15) is 9.59 Å². The zero-order valence-corrected chi connectivity index (χ0v) is 19.5. The molecule has 0 aliphatic heterocycles. The lowest BCUT2D eigenvalue weighted by Gasteiger charge is -2.14. The molecule has 164 valence electrons. The third kappa shape index (κ3) is 4.31. The molecule has 0 saturated heterocycles. The van der Waals surface area contributed by atoms with Crippen molar-refractivity contribution in [3.8, 4) is 0 Å². The molecule has 2 aromatic heterocycles. The summed E-state index contributed by atoms with van der Waals surface area (Å²) in [5, 5.41) is 15.8. The van der Waals surface area contributed by atoms with Crippen LogP contribution < -0.4 is 10.6 Å². The monoisotopic (exact) mass is 447 g/mol. The van der Waals surface area contributed by atoms with Gasteiger partial charge in [0.15, 0.2) is 10.8 Å². The number of carbonyl (C=O) groups excluding carboxylic acids is 2. The van der Waals surface area contributed by atoms with Gasteiger partial charge in [-0.25, -0.2) is 0 Å². The molecule has 0 radical (unpaired) electrons. The molecule has 4 aromatic rings. The number of pyridine rings is 1. The number of aromatic nitrogens is 3. The Balaban J connectivity index is 1.58. The predicted molar refractivity (Wildman–Crippen MR) is 129 cm³/mol. The number of hydrogen-bond donors (Lipinski definition) is 2. The highest BCUT2D eigenvalue weighted by Gasteiger charge is 2.20. The van der Waals surface area contributed by atoms with Crippen LogP contribution in [0.15, 0.2) is 47.6 Å². The van der Waals surface area contributed by atoms with Crippen molar-refractivity contribution in [3.05, 3.63) is 59.2 Å². The Morgan fingerprint density at radius 1 is 0.938 bits per heavy atom. The van der Waals surface area contributed by atoms with Gasteiger partial charge in [0.25, 0.3) is 0 Å². The first-order chi connectivity index (χ1) is 15.2. The lowest BCUT2D eigenvalue weighted by Crippen LogP contribution is -2.22. The van der Waals surface area contributed by atoms with E-state index in [4.69, 9.17) is 0 Å². The van der Waals surface area contributed by atoms with Crippen molar-refractivity contribution in [1.82, 2.24) is 14.6 Å². The average Bonchev–Trinajstić information content (AvgIpc) is 3.11. The summed E-state index contributed by atoms with van der Waals surface area (Å²) in [4.78, 5) is 24.0. The first-order valence-electron chi connectivity index (χ1n) is 10.3. The Bertz CT molecular complexity index is 1340. The van der Waals surface area contributed by atoms with Crippen LogP contribution in [-0.4, -0.2) is 31.7 Å². The summed E-state index contributed by atoms with van der Waals surface area (Å²) in [5.74, 6) is -0.275. The molecule has 2 amide bonds. The number of hydrogen-bond acceptors (Lipinski definition) is 5. The third-order valence-electron chi connectivity index (χ3n) is 5.22. The van der Waals surface area contributed by atoms with E-state index in [0.717, 1.165) is 27.7 Å². The number of fused-ring (bicyclic) bond motifs is 3. The highest BCUT2D eigenvalue weighted by molar-refractivity contribution is 8.00. The molecule has 32 heavy (non-hydrogen) atoms. The van der Waals surface area contributed by atoms with Crippen LogP contribution in [0.5, 0.6) is 0 Å². The first-order valence-corrected chi connectivity index (χ1v) is 11.2. The van der Waals surface area contributed by atoms with E-state index >= 15 is 0 Å². The van der Waals surface area contributed by atoms with Crippen molar-refractivity contribution in [3.63, 3.8) is 0 Å². The molecule has 0 saturated carbocycles. The van der Waals surface area contributed by atoms with Crippen LogP contribution in [0, 0.1) is 20.8 Å². The van der Waals surface area contributed by atoms with Gasteiger partial charge in [0.05, 0.1) is 10.8 Å². The van der Waals surface area contributed by atoms with Crippen LogP contribution in [0.2, 0.25) is 0 Å². The van der Waals surface area contributed by atoms with Crippen molar-refractivity contribution in [2.24, 2.45) is 0 Å². The molecule has 0 fully saturated rings. The van der Waals surface area contributed by atoms with Gasteiger partial charge in [0.2, 0.25) is 11.8 Å². The number of nitrogens with zero attached hydrogens (tertiary/aromatic N) is 3. The maximum Gasteiger partial charge on any atom is 0.237 e. The molecule has 2 aromatic carbocycles. The molecule has 0 aliphatic carbocycles. The number of nitrogens with one attached hydrogen (secondary N) is 2. The standard InChI is InChI=1S/C24H25N5O2S/c1-13-10-15(3)22-20(11-13)14(2)12-21-27-28-24(29(21)22)32-16(4)23(31)26-19-8-6-18(7-9-19)25-17(5)30/h6-12,16H,1-5H3,(H,25,30)(H,26,31). The first kappa shape index (κ1) is 21.8.